The summed E-state index contributed by atoms with van der Waals surface area (Å²) in [5.41, 5.74) is 2.53. The average Bonchev–Trinajstić information content (AvgIpc) is 2.70. The van der Waals surface area contributed by atoms with Gasteiger partial charge in [-0.2, -0.15) is 0 Å². The molecule has 0 aliphatic rings. The fourth-order valence-corrected chi connectivity index (χ4v) is 1.52. The Hall–Kier alpha value is -1.77. The second-order valence-corrected chi connectivity index (χ2v) is 3.07. The Labute approximate surface area is 73.9 Å². The number of hydrogen-bond acceptors (Lipinski definition) is 3. The van der Waals surface area contributed by atoms with Gasteiger partial charge in [0.2, 0.25) is 0 Å². The molecule has 0 amide bonds. The zero-order valence-corrected chi connectivity index (χ0v) is 7.07. The first-order valence-electron chi connectivity index (χ1n) is 4.08. The van der Waals surface area contributed by atoms with Gasteiger partial charge in [-0.15, -0.1) is 0 Å². The number of hydrogen-bond donors (Lipinski definition) is 0. The summed E-state index contributed by atoms with van der Waals surface area (Å²) in [6.45, 7) is 1.93. The number of benzene rings is 1. The average molecular weight is 173 g/mol. The predicted octanol–water partition coefficient (Wildman–Crippen LogP) is 2.88. The molecule has 2 aromatic heterocycles. The highest BCUT2D eigenvalue weighted by molar-refractivity contribution is 5.94. The fraction of sp³-hybridized carbons (Fsp3) is 0.100. The molecular formula is C10H7NO2. The van der Waals surface area contributed by atoms with Gasteiger partial charge in [0.1, 0.15) is 5.58 Å². The van der Waals surface area contributed by atoms with Crippen molar-refractivity contribution in [2.24, 2.45) is 0 Å². The third-order valence-corrected chi connectivity index (χ3v) is 2.23. The number of nitrogens with zero attached hydrogens (tertiary/aromatic N) is 1. The van der Waals surface area contributed by atoms with E-state index in [9.17, 15) is 0 Å². The second kappa shape index (κ2) is 2.13. The molecule has 13 heavy (non-hydrogen) atoms. The van der Waals surface area contributed by atoms with Gasteiger partial charge in [0, 0.05) is 16.8 Å². The van der Waals surface area contributed by atoms with Crippen molar-refractivity contribution in [3.05, 3.63) is 30.2 Å². The standard InChI is InChI=1S/C10H7NO2/c1-6-8-4-7-2-3-12-9(7)5-10(8)13-11-6/h2-5H,1H3. The summed E-state index contributed by atoms with van der Waals surface area (Å²) in [6, 6.07) is 5.83. The maximum Gasteiger partial charge on any atom is 0.170 e. The Kier molecular flexibility index (Phi) is 1.10. The molecule has 3 rings (SSSR count). The molecule has 64 valence electrons. The van der Waals surface area contributed by atoms with Crippen molar-refractivity contribution in [2.75, 3.05) is 0 Å². The Morgan fingerprint density at radius 1 is 1.23 bits per heavy atom. The lowest BCUT2D eigenvalue weighted by Gasteiger charge is -1.88. The third-order valence-electron chi connectivity index (χ3n) is 2.23. The van der Waals surface area contributed by atoms with Crippen LogP contribution in [0.3, 0.4) is 0 Å². The number of rotatable bonds is 0. The van der Waals surface area contributed by atoms with Gasteiger partial charge in [-0.05, 0) is 19.1 Å². The predicted molar refractivity (Wildman–Crippen MR) is 48.5 cm³/mol. The normalized spacial score (nSPS) is 11.5. The first-order chi connectivity index (χ1) is 6.34. The van der Waals surface area contributed by atoms with Gasteiger partial charge >= 0.3 is 0 Å². The van der Waals surface area contributed by atoms with E-state index in [0.29, 0.717) is 0 Å². The minimum atomic E-state index is 0.778. The van der Waals surface area contributed by atoms with Crippen LogP contribution in [0.15, 0.2) is 33.4 Å². The van der Waals surface area contributed by atoms with Crippen molar-refractivity contribution in [1.29, 1.82) is 0 Å². The Balaban J connectivity index is 2.59. The van der Waals surface area contributed by atoms with Crippen molar-refractivity contribution < 1.29 is 8.94 Å². The lowest BCUT2D eigenvalue weighted by molar-refractivity contribution is 0.450. The first-order valence-corrected chi connectivity index (χ1v) is 4.08. The molecule has 0 bridgehead atoms. The van der Waals surface area contributed by atoms with E-state index in [1.54, 1.807) is 6.26 Å². The van der Waals surface area contributed by atoms with Crippen molar-refractivity contribution in [3.63, 3.8) is 0 Å². The van der Waals surface area contributed by atoms with Crippen LogP contribution in [0.25, 0.3) is 21.9 Å². The van der Waals surface area contributed by atoms with E-state index in [4.69, 9.17) is 8.94 Å². The van der Waals surface area contributed by atoms with Crippen molar-refractivity contribution in [1.82, 2.24) is 5.16 Å². The van der Waals surface area contributed by atoms with Crippen molar-refractivity contribution in [2.45, 2.75) is 6.92 Å². The van der Waals surface area contributed by atoms with Gasteiger partial charge in [-0.1, -0.05) is 5.16 Å². The molecule has 3 nitrogen and oxygen atoms in total. The zero-order valence-electron chi connectivity index (χ0n) is 7.07. The molecule has 0 aliphatic carbocycles. The number of furan rings is 1. The van der Waals surface area contributed by atoms with Crippen molar-refractivity contribution in [3.8, 4) is 0 Å². The number of fused-ring (bicyclic) bond motifs is 2. The Morgan fingerprint density at radius 2 is 2.15 bits per heavy atom. The van der Waals surface area contributed by atoms with E-state index in [-0.39, 0.29) is 0 Å². The minimum Gasteiger partial charge on any atom is -0.464 e. The largest absolute Gasteiger partial charge is 0.464 e. The smallest absolute Gasteiger partial charge is 0.170 e. The molecule has 0 spiro atoms. The van der Waals surface area contributed by atoms with E-state index in [1.165, 1.54) is 0 Å². The number of aryl methyl sites for hydroxylation is 1. The van der Waals surface area contributed by atoms with Gasteiger partial charge in [-0.3, -0.25) is 0 Å². The molecule has 0 fully saturated rings. The zero-order chi connectivity index (χ0) is 8.84. The van der Waals surface area contributed by atoms with E-state index < -0.39 is 0 Å². The molecule has 2 heterocycles. The van der Waals surface area contributed by atoms with Crippen LogP contribution >= 0.6 is 0 Å². The summed E-state index contributed by atoms with van der Waals surface area (Å²) < 4.78 is 10.4. The van der Waals surface area contributed by atoms with Crippen LogP contribution in [-0.4, -0.2) is 5.16 Å². The van der Waals surface area contributed by atoms with Crippen LogP contribution in [0, 0.1) is 6.92 Å². The quantitative estimate of drug-likeness (QED) is 0.524. The van der Waals surface area contributed by atoms with Gasteiger partial charge < -0.3 is 8.94 Å². The van der Waals surface area contributed by atoms with Crippen LogP contribution in [0.5, 0.6) is 0 Å². The summed E-state index contributed by atoms with van der Waals surface area (Å²) in [6.07, 6.45) is 1.67. The number of aromatic nitrogens is 1. The highest BCUT2D eigenvalue weighted by Gasteiger charge is 2.06. The summed E-state index contributed by atoms with van der Waals surface area (Å²) in [7, 11) is 0. The first kappa shape index (κ1) is 6.71. The van der Waals surface area contributed by atoms with E-state index in [0.717, 1.165) is 27.6 Å². The summed E-state index contributed by atoms with van der Waals surface area (Å²) in [5, 5.41) is 6.01. The van der Waals surface area contributed by atoms with Gasteiger partial charge in [0.15, 0.2) is 5.58 Å². The lowest BCUT2D eigenvalue weighted by atomic mass is 10.2. The SMILES string of the molecule is Cc1noc2cc3occc3cc12. The van der Waals surface area contributed by atoms with E-state index >= 15 is 0 Å². The van der Waals surface area contributed by atoms with E-state index in [1.807, 2.05) is 25.1 Å². The van der Waals surface area contributed by atoms with Gasteiger partial charge in [0.25, 0.3) is 0 Å². The van der Waals surface area contributed by atoms with Crippen LogP contribution in [0.4, 0.5) is 0 Å². The van der Waals surface area contributed by atoms with Gasteiger partial charge in [-0.25, -0.2) is 0 Å². The molecule has 0 radical (unpaired) electrons. The van der Waals surface area contributed by atoms with Gasteiger partial charge in [0.05, 0.1) is 12.0 Å². The second-order valence-electron chi connectivity index (χ2n) is 3.07. The van der Waals surface area contributed by atoms with Crippen LogP contribution in [0.2, 0.25) is 0 Å². The molecular weight excluding hydrogens is 166 g/mol. The van der Waals surface area contributed by atoms with Crippen molar-refractivity contribution >= 4 is 21.9 Å². The van der Waals surface area contributed by atoms with Crippen LogP contribution in [0.1, 0.15) is 5.69 Å². The third kappa shape index (κ3) is 0.811. The Morgan fingerprint density at radius 3 is 3.08 bits per heavy atom. The monoisotopic (exact) mass is 173 g/mol. The maximum atomic E-state index is 5.25. The summed E-state index contributed by atoms with van der Waals surface area (Å²) >= 11 is 0. The molecule has 0 saturated carbocycles. The molecule has 0 N–H and O–H groups in total. The van der Waals surface area contributed by atoms with Crippen LogP contribution in [-0.2, 0) is 0 Å². The highest BCUT2D eigenvalue weighted by Crippen LogP contribution is 2.25. The fourth-order valence-electron chi connectivity index (χ4n) is 1.52. The molecule has 3 heteroatoms. The highest BCUT2D eigenvalue weighted by atomic mass is 16.5. The topological polar surface area (TPSA) is 39.2 Å². The lowest BCUT2D eigenvalue weighted by Crippen LogP contribution is -1.69. The molecule has 0 aliphatic heterocycles. The summed E-state index contributed by atoms with van der Waals surface area (Å²) in [5.74, 6) is 0. The minimum absolute atomic E-state index is 0.778. The van der Waals surface area contributed by atoms with Crippen LogP contribution < -0.4 is 0 Å². The molecule has 1 aromatic carbocycles. The molecule has 3 aromatic rings. The molecule has 0 atom stereocenters. The summed E-state index contributed by atoms with van der Waals surface area (Å²) in [4.78, 5) is 0. The molecule has 0 unspecified atom stereocenters. The van der Waals surface area contributed by atoms with E-state index in [2.05, 4.69) is 5.16 Å². The molecule has 0 saturated heterocycles. The maximum absolute atomic E-state index is 5.25. The Bertz CT molecular complexity index is 577.